The Morgan fingerprint density at radius 2 is 1.55 bits per heavy atom. The zero-order chi connectivity index (χ0) is 26.8. The zero-order valence-corrected chi connectivity index (χ0v) is 20.7. The van der Waals surface area contributed by atoms with Crippen molar-refractivity contribution in [2.24, 2.45) is 11.8 Å². The SMILES string of the molecule is CCOC(=O)c1ccc([C@@H]2OC3(C(=O)c4ccccc4C3=O)[C@H]3C(=O)N(c4cccc(C)c4)C(=O)[C@@H]23)cc1. The molecule has 6 rings (SSSR count). The van der Waals surface area contributed by atoms with Gasteiger partial charge >= 0.3 is 5.97 Å². The number of benzene rings is 3. The highest BCUT2D eigenvalue weighted by atomic mass is 16.5. The lowest BCUT2D eigenvalue weighted by molar-refractivity contribution is -0.127. The lowest BCUT2D eigenvalue weighted by Gasteiger charge is -2.27. The van der Waals surface area contributed by atoms with E-state index in [0.717, 1.165) is 10.5 Å². The third kappa shape index (κ3) is 3.16. The summed E-state index contributed by atoms with van der Waals surface area (Å²) in [4.78, 5) is 68.7. The number of fused-ring (bicyclic) bond motifs is 3. The topological polar surface area (TPSA) is 107 Å². The molecule has 190 valence electrons. The van der Waals surface area contributed by atoms with Crippen LogP contribution >= 0.6 is 0 Å². The largest absolute Gasteiger partial charge is 0.462 e. The van der Waals surface area contributed by atoms with Gasteiger partial charge < -0.3 is 9.47 Å². The van der Waals surface area contributed by atoms with E-state index in [1.807, 2.05) is 13.0 Å². The maximum atomic E-state index is 14.0. The summed E-state index contributed by atoms with van der Waals surface area (Å²) in [6, 6.07) is 19.5. The van der Waals surface area contributed by atoms with Crippen molar-refractivity contribution >= 4 is 35.0 Å². The number of ether oxygens (including phenoxy) is 2. The second-order valence-corrected chi connectivity index (χ2v) is 9.67. The molecular formula is C30H23NO7. The van der Waals surface area contributed by atoms with Crippen molar-refractivity contribution < 1.29 is 33.4 Å². The zero-order valence-electron chi connectivity index (χ0n) is 20.7. The number of esters is 1. The van der Waals surface area contributed by atoms with E-state index in [-0.39, 0.29) is 17.7 Å². The Bertz CT molecular complexity index is 1510. The summed E-state index contributed by atoms with van der Waals surface area (Å²) in [5.74, 6) is -5.38. The summed E-state index contributed by atoms with van der Waals surface area (Å²) in [5.41, 5.74) is 0.176. The van der Waals surface area contributed by atoms with Gasteiger partial charge in [0, 0.05) is 11.1 Å². The molecule has 3 aliphatic rings. The van der Waals surface area contributed by atoms with Crippen molar-refractivity contribution in [2.45, 2.75) is 25.6 Å². The second-order valence-electron chi connectivity index (χ2n) is 9.67. The lowest BCUT2D eigenvalue weighted by atomic mass is 9.77. The maximum absolute atomic E-state index is 14.0. The fourth-order valence-electron chi connectivity index (χ4n) is 5.86. The quantitative estimate of drug-likeness (QED) is 0.299. The van der Waals surface area contributed by atoms with Gasteiger partial charge in [-0.3, -0.25) is 19.2 Å². The Morgan fingerprint density at radius 1 is 0.895 bits per heavy atom. The number of hydrogen-bond donors (Lipinski definition) is 0. The van der Waals surface area contributed by atoms with Crippen LogP contribution in [-0.4, -0.2) is 41.6 Å². The van der Waals surface area contributed by atoms with Crippen LogP contribution in [-0.2, 0) is 19.1 Å². The van der Waals surface area contributed by atoms with Crippen LogP contribution in [0.4, 0.5) is 5.69 Å². The molecule has 0 saturated carbocycles. The van der Waals surface area contributed by atoms with E-state index >= 15 is 0 Å². The van der Waals surface area contributed by atoms with Gasteiger partial charge in [0.25, 0.3) is 0 Å². The summed E-state index contributed by atoms with van der Waals surface area (Å²) in [7, 11) is 0. The number of imide groups is 1. The van der Waals surface area contributed by atoms with E-state index in [0.29, 0.717) is 16.8 Å². The highest BCUT2D eigenvalue weighted by molar-refractivity contribution is 6.37. The molecule has 1 aliphatic carbocycles. The molecule has 1 spiro atoms. The van der Waals surface area contributed by atoms with Gasteiger partial charge in [0.1, 0.15) is 0 Å². The van der Waals surface area contributed by atoms with Gasteiger partial charge in [-0.15, -0.1) is 0 Å². The number of carbonyl (C=O) groups excluding carboxylic acids is 5. The van der Waals surface area contributed by atoms with Crippen LogP contribution in [0.5, 0.6) is 0 Å². The van der Waals surface area contributed by atoms with Gasteiger partial charge in [0.15, 0.2) is 0 Å². The Morgan fingerprint density at radius 3 is 2.16 bits per heavy atom. The third-order valence-corrected chi connectivity index (χ3v) is 7.53. The van der Waals surface area contributed by atoms with Crippen LogP contribution < -0.4 is 4.90 Å². The first-order valence-corrected chi connectivity index (χ1v) is 12.4. The minimum Gasteiger partial charge on any atom is -0.462 e. The molecule has 0 bridgehead atoms. The highest BCUT2D eigenvalue weighted by Gasteiger charge is 2.74. The van der Waals surface area contributed by atoms with Crippen molar-refractivity contribution in [1.82, 2.24) is 0 Å². The molecule has 2 heterocycles. The molecule has 38 heavy (non-hydrogen) atoms. The van der Waals surface area contributed by atoms with E-state index in [1.54, 1.807) is 49.4 Å². The average Bonchev–Trinajstić information content (AvgIpc) is 3.49. The van der Waals surface area contributed by atoms with E-state index in [9.17, 15) is 24.0 Å². The number of carbonyl (C=O) groups is 5. The normalized spacial score (nSPS) is 23.2. The minimum atomic E-state index is -2.15. The number of amides is 2. The molecular weight excluding hydrogens is 486 g/mol. The predicted molar refractivity (Wildman–Crippen MR) is 135 cm³/mol. The predicted octanol–water partition coefficient (Wildman–Crippen LogP) is 3.87. The van der Waals surface area contributed by atoms with Crippen molar-refractivity contribution in [3.05, 3.63) is 101 Å². The number of hydrogen-bond acceptors (Lipinski definition) is 7. The maximum Gasteiger partial charge on any atom is 0.338 e. The molecule has 0 radical (unpaired) electrons. The van der Waals surface area contributed by atoms with Crippen molar-refractivity contribution in [1.29, 1.82) is 0 Å². The first-order chi connectivity index (χ1) is 18.3. The summed E-state index contributed by atoms with van der Waals surface area (Å²) in [6.07, 6.45) is -1.07. The Labute approximate surface area is 218 Å². The number of nitrogens with zero attached hydrogens (tertiary/aromatic N) is 1. The van der Waals surface area contributed by atoms with Gasteiger partial charge in [-0.25, -0.2) is 9.69 Å². The smallest absolute Gasteiger partial charge is 0.338 e. The van der Waals surface area contributed by atoms with Crippen LogP contribution in [0.1, 0.15) is 55.2 Å². The van der Waals surface area contributed by atoms with E-state index in [2.05, 4.69) is 0 Å². The van der Waals surface area contributed by atoms with Crippen LogP contribution in [0.3, 0.4) is 0 Å². The minimum absolute atomic E-state index is 0.170. The number of ketones is 2. The van der Waals surface area contributed by atoms with Gasteiger partial charge in [0.2, 0.25) is 29.0 Å². The molecule has 3 atom stereocenters. The number of anilines is 1. The molecule has 8 nitrogen and oxygen atoms in total. The highest BCUT2D eigenvalue weighted by Crippen LogP contribution is 2.57. The van der Waals surface area contributed by atoms with E-state index in [4.69, 9.17) is 9.47 Å². The van der Waals surface area contributed by atoms with Gasteiger partial charge in [-0.05, 0) is 49.2 Å². The van der Waals surface area contributed by atoms with Crippen LogP contribution in [0, 0.1) is 18.8 Å². The molecule has 2 amide bonds. The van der Waals surface area contributed by atoms with Crippen LogP contribution in [0.2, 0.25) is 0 Å². The Kier molecular flexibility index (Phi) is 5.39. The summed E-state index contributed by atoms with van der Waals surface area (Å²) in [5, 5.41) is 0. The molecule has 2 saturated heterocycles. The van der Waals surface area contributed by atoms with Crippen molar-refractivity contribution in [3.8, 4) is 0 Å². The van der Waals surface area contributed by atoms with Gasteiger partial charge in [-0.1, -0.05) is 48.5 Å². The Hall–Kier alpha value is -4.43. The summed E-state index contributed by atoms with van der Waals surface area (Å²) >= 11 is 0. The number of rotatable bonds is 4. The average molecular weight is 510 g/mol. The number of aryl methyl sites for hydroxylation is 1. The summed E-state index contributed by atoms with van der Waals surface area (Å²) in [6.45, 7) is 3.76. The van der Waals surface area contributed by atoms with Gasteiger partial charge in [-0.2, -0.15) is 0 Å². The molecule has 8 heteroatoms. The molecule has 2 fully saturated rings. The molecule has 2 aliphatic heterocycles. The summed E-state index contributed by atoms with van der Waals surface area (Å²) < 4.78 is 11.3. The first kappa shape index (κ1) is 23.9. The van der Waals surface area contributed by atoms with E-state index in [1.165, 1.54) is 24.3 Å². The number of Topliss-reactive ketones (excluding diaryl/α,β-unsaturated/α-hetero) is 2. The molecule has 3 aromatic carbocycles. The molecule has 0 unspecified atom stereocenters. The van der Waals surface area contributed by atoms with Crippen LogP contribution in [0.15, 0.2) is 72.8 Å². The Balaban J connectivity index is 1.49. The van der Waals surface area contributed by atoms with Crippen molar-refractivity contribution in [3.63, 3.8) is 0 Å². The fourth-order valence-corrected chi connectivity index (χ4v) is 5.86. The lowest BCUT2D eigenvalue weighted by Crippen LogP contribution is -2.51. The second kappa shape index (κ2) is 8.56. The monoisotopic (exact) mass is 509 g/mol. The standard InChI is InChI=1S/C30H23NO7/c1-3-37-29(36)18-13-11-17(12-14-18)24-22-23(28(35)31(27(22)34)19-8-6-7-16(2)15-19)30(38-24)25(32)20-9-4-5-10-21(20)26(30)33/h4-15,22-24H,3H2,1-2H3/t22-,23-,24+/m1/s1. The first-order valence-electron chi connectivity index (χ1n) is 12.4. The molecule has 3 aromatic rings. The fraction of sp³-hybridized carbons (Fsp3) is 0.233. The van der Waals surface area contributed by atoms with Crippen molar-refractivity contribution in [2.75, 3.05) is 11.5 Å². The van der Waals surface area contributed by atoms with Crippen LogP contribution in [0.25, 0.3) is 0 Å². The third-order valence-electron chi connectivity index (χ3n) is 7.53. The van der Waals surface area contributed by atoms with E-state index < -0.39 is 52.9 Å². The molecule has 0 N–H and O–H groups in total. The van der Waals surface area contributed by atoms with Gasteiger partial charge in [0.05, 0.1) is 35.8 Å². The molecule has 0 aromatic heterocycles.